The minimum absolute atomic E-state index is 0.219. The van der Waals surface area contributed by atoms with Crippen molar-refractivity contribution in [2.45, 2.75) is 38.5 Å². The van der Waals surface area contributed by atoms with Gasteiger partial charge in [0.05, 0.1) is 18.6 Å². The fourth-order valence-corrected chi connectivity index (χ4v) is 5.91. The summed E-state index contributed by atoms with van der Waals surface area (Å²) in [4.78, 5) is 10.2. The second-order valence-corrected chi connectivity index (χ2v) is 12.2. The molecule has 1 unspecified atom stereocenters. The average molecular weight is 496 g/mol. The van der Waals surface area contributed by atoms with Crippen molar-refractivity contribution in [3.63, 3.8) is 0 Å². The van der Waals surface area contributed by atoms with E-state index in [4.69, 9.17) is 4.74 Å². The van der Waals surface area contributed by atoms with Gasteiger partial charge in [0.2, 0.25) is 0 Å². The number of rotatable bonds is 7. The highest BCUT2D eigenvalue weighted by Crippen LogP contribution is 2.39. The molecule has 0 aliphatic carbocycles. The minimum atomic E-state index is -2.95. The monoisotopic (exact) mass is 495 g/mol. The zero-order valence-electron chi connectivity index (χ0n) is 20.8. The number of hydrogen-bond donors (Lipinski definition) is 1. The molecular weight excluding hydrogens is 462 g/mol. The lowest BCUT2D eigenvalue weighted by molar-refractivity contribution is 0.219. The van der Waals surface area contributed by atoms with Crippen molar-refractivity contribution in [3.8, 4) is 17.0 Å². The number of aromatic amines is 1. The van der Waals surface area contributed by atoms with Crippen LogP contribution in [0.3, 0.4) is 0 Å². The summed E-state index contributed by atoms with van der Waals surface area (Å²) in [6.45, 7) is 6.91. The molecule has 0 saturated carbocycles. The maximum atomic E-state index is 11.6. The van der Waals surface area contributed by atoms with Gasteiger partial charge in [0.15, 0.2) is 11.4 Å². The Bertz CT molecular complexity index is 1470. The van der Waals surface area contributed by atoms with Crippen LogP contribution in [0, 0.1) is 0 Å². The van der Waals surface area contributed by atoms with Crippen LogP contribution in [0.25, 0.3) is 27.8 Å². The number of hydrogen-bond acceptors (Lipinski definition) is 6. The molecule has 1 N–H and O–H groups in total. The van der Waals surface area contributed by atoms with Gasteiger partial charge in [-0.05, 0) is 60.5 Å². The van der Waals surface area contributed by atoms with Crippen molar-refractivity contribution >= 4 is 26.4 Å². The van der Waals surface area contributed by atoms with E-state index in [1.807, 2.05) is 12.3 Å². The summed E-state index contributed by atoms with van der Waals surface area (Å²) in [5, 5.41) is 5.56. The number of aromatic nitrogens is 4. The van der Waals surface area contributed by atoms with E-state index in [-0.39, 0.29) is 5.75 Å². The Balaban J connectivity index is 1.52. The van der Waals surface area contributed by atoms with Crippen LogP contribution in [0.2, 0.25) is 0 Å². The molecule has 1 aromatic carbocycles. The number of pyridine rings is 1. The number of nitrogens with zero attached hydrogens (tertiary/aromatic N) is 4. The fraction of sp³-hybridized carbons (Fsp3) is 0.462. The molecule has 35 heavy (non-hydrogen) atoms. The Morgan fingerprint density at radius 3 is 2.83 bits per heavy atom. The number of H-pyrrole nitrogens is 1. The quantitative estimate of drug-likeness (QED) is 0.412. The van der Waals surface area contributed by atoms with E-state index < -0.39 is 9.84 Å². The van der Waals surface area contributed by atoms with Gasteiger partial charge in [-0.1, -0.05) is 19.9 Å². The topological polar surface area (TPSA) is 92.6 Å². The highest BCUT2D eigenvalue weighted by molar-refractivity contribution is 7.90. The molecule has 5 rings (SSSR count). The number of nitrogens with one attached hydrogen (secondary N) is 1. The fourth-order valence-electron chi connectivity index (χ4n) is 5.32. The lowest BCUT2D eigenvalue weighted by Crippen LogP contribution is -2.37. The molecule has 186 valence electrons. The summed E-state index contributed by atoms with van der Waals surface area (Å²) < 4.78 is 30.6. The number of piperidine rings is 1. The van der Waals surface area contributed by atoms with E-state index in [1.165, 1.54) is 29.1 Å². The van der Waals surface area contributed by atoms with Gasteiger partial charge in [-0.2, -0.15) is 5.10 Å². The Morgan fingerprint density at radius 2 is 2.09 bits per heavy atom. The molecule has 0 radical (unpaired) electrons. The second-order valence-electron chi connectivity index (χ2n) is 9.97. The minimum Gasteiger partial charge on any atom is -0.493 e. The molecule has 0 amide bonds. The van der Waals surface area contributed by atoms with Gasteiger partial charge in [-0.15, -0.1) is 0 Å². The van der Waals surface area contributed by atoms with Crippen molar-refractivity contribution in [3.05, 3.63) is 47.9 Å². The molecule has 1 aliphatic rings. The molecule has 0 bridgehead atoms. The Hall–Kier alpha value is -2.91. The maximum absolute atomic E-state index is 11.6. The van der Waals surface area contributed by atoms with E-state index in [0.717, 1.165) is 42.7 Å². The van der Waals surface area contributed by atoms with Gasteiger partial charge >= 0.3 is 0 Å². The largest absolute Gasteiger partial charge is 0.493 e. The summed E-state index contributed by atoms with van der Waals surface area (Å²) in [6.07, 6.45) is 7.04. The summed E-state index contributed by atoms with van der Waals surface area (Å²) in [5.74, 6) is 1.61. The molecule has 8 nitrogen and oxygen atoms in total. The van der Waals surface area contributed by atoms with Crippen molar-refractivity contribution < 1.29 is 13.2 Å². The smallest absolute Gasteiger partial charge is 0.197 e. The molecule has 1 aliphatic heterocycles. The third-order valence-electron chi connectivity index (χ3n) is 7.05. The highest BCUT2D eigenvalue weighted by atomic mass is 32.2. The van der Waals surface area contributed by atoms with Crippen molar-refractivity contribution in [2.24, 2.45) is 0 Å². The van der Waals surface area contributed by atoms with Gasteiger partial charge < -0.3 is 14.6 Å². The first-order valence-corrected chi connectivity index (χ1v) is 14.2. The number of likely N-dealkylation sites (tertiary alicyclic amines) is 1. The average Bonchev–Trinajstić information content (AvgIpc) is 3.46. The maximum Gasteiger partial charge on any atom is 0.197 e. The van der Waals surface area contributed by atoms with Crippen LogP contribution in [0.15, 0.2) is 36.8 Å². The van der Waals surface area contributed by atoms with Crippen LogP contribution in [0.1, 0.15) is 49.7 Å². The number of sulfone groups is 1. The van der Waals surface area contributed by atoms with Crippen LogP contribution < -0.4 is 4.74 Å². The molecule has 1 fully saturated rings. The van der Waals surface area contributed by atoms with E-state index in [2.05, 4.69) is 52.0 Å². The molecule has 1 atom stereocenters. The molecule has 4 heterocycles. The summed E-state index contributed by atoms with van der Waals surface area (Å²) >= 11 is 0. The molecule has 1 saturated heterocycles. The summed E-state index contributed by atoms with van der Waals surface area (Å²) in [7, 11) is -1.30. The summed E-state index contributed by atoms with van der Waals surface area (Å²) in [5.41, 5.74) is 6.46. The molecule has 4 aromatic rings. The van der Waals surface area contributed by atoms with Gasteiger partial charge in [0.25, 0.3) is 0 Å². The van der Waals surface area contributed by atoms with E-state index >= 15 is 0 Å². The van der Waals surface area contributed by atoms with Crippen LogP contribution in [0.5, 0.6) is 5.75 Å². The second kappa shape index (κ2) is 9.28. The first kappa shape index (κ1) is 23.8. The van der Waals surface area contributed by atoms with Crippen molar-refractivity contribution in [2.75, 3.05) is 38.8 Å². The Labute approximate surface area is 206 Å². The van der Waals surface area contributed by atoms with E-state index in [0.29, 0.717) is 29.8 Å². The number of fused-ring (bicyclic) bond motifs is 2. The standard InChI is InChI=1S/C26H33N5O3S/c1-17(2)24-21-12-18(19-6-5-9-30(14-19)10-11-35(4,32)33)7-8-22(21)29-25(24)20-13-23(34-3)26-27-16-28-31(26)15-20/h7-8,12-13,15-17,19,29H,5-6,9-11,14H2,1-4H3. The Morgan fingerprint density at radius 1 is 1.26 bits per heavy atom. The van der Waals surface area contributed by atoms with Gasteiger partial charge in [0.1, 0.15) is 16.2 Å². The third kappa shape index (κ3) is 4.79. The normalized spacial score (nSPS) is 17.6. The predicted octanol–water partition coefficient (Wildman–Crippen LogP) is 4.23. The van der Waals surface area contributed by atoms with Gasteiger partial charge in [0, 0.05) is 42.0 Å². The van der Waals surface area contributed by atoms with Crippen molar-refractivity contribution in [1.29, 1.82) is 0 Å². The SMILES string of the molecule is COc1cc(-c2[nH]c3ccc(C4CCCN(CCS(C)(=O)=O)C4)cc3c2C(C)C)cn2ncnc12. The summed E-state index contributed by atoms with van der Waals surface area (Å²) in [6, 6.07) is 8.75. The molecule has 9 heteroatoms. The Kier molecular flexibility index (Phi) is 6.31. The van der Waals surface area contributed by atoms with Crippen LogP contribution in [-0.2, 0) is 9.84 Å². The lowest BCUT2D eigenvalue weighted by Gasteiger charge is -2.33. The zero-order valence-corrected chi connectivity index (χ0v) is 21.6. The van der Waals surface area contributed by atoms with E-state index in [1.54, 1.807) is 11.6 Å². The van der Waals surface area contributed by atoms with Gasteiger partial charge in [-0.3, -0.25) is 0 Å². The van der Waals surface area contributed by atoms with Crippen LogP contribution in [0.4, 0.5) is 0 Å². The molecule has 0 spiro atoms. The van der Waals surface area contributed by atoms with E-state index in [9.17, 15) is 8.42 Å². The van der Waals surface area contributed by atoms with Crippen molar-refractivity contribution in [1.82, 2.24) is 24.5 Å². The third-order valence-corrected chi connectivity index (χ3v) is 7.97. The molecule has 3 aromatic heterocycles. The predicted molar refractivity (Wildman–Crippen MR) is 139 cm³/mol. The van der Waals surface area contributed by atoms with Crippen LogP contribution in [-0.4, -0.2) is 71.7 Å². The number of methoxy groups -OCH3 is 1. The van der Waals surface area contributed by atoms with Crippen LogP contribution >= 0.6 is 0 Å². The van der Waals surface area contributed by atoms with Gasteiger partial charge in [-0.25, -0.2) is 17.9 Å². The first-order chi connectivity index (χ1) is 16.7. The highest BCUT2D eigenvalue weighted by Gasteiger charge is 2.24. The number of benzene rings is 1. The lowest BCUT2D eigenvalue weighted by atomic mass is 9.88. The number of ether oxygens (including phenoxy) is 1. The molecular formula is C26H33N5O3S. The zero-order chi connectivity index (χ0) is 24.7. The first-order valence-electron chi connectivity index (χ1n) is 12.2.